The Bertz CT molecular complexity index is 1310. The minimum absolute atomic E-state index is 0.0303. The first-order valence-electron chi connectivity index (χ1n) is 11.2. The van der Waals surface area contributed by atoms with Crippen LogP contribution in [0, 0.1) is 12.8 Å². The van der Waals surface area contributed by atoms with Gasteiger partial charge < -0.3 is 14.0 Å². The van der Waals surface area contributed by atoms with Crippen LogP contribution in [0.2, 0.25) is 0 Å². The Labute approximate surface area is 199 Å². The maximum absolute atomic E-state index is 12.7. The van der Waals surface area contributed by atoms with Crippen molar-refractivity contribution in [1.29, 1.82) is 0 Å². The molecule has 10 heteroatoms. The van der Waals surface area contributed by atoms with E-state index in [1.807, 2.05) is 35.9 Å². The van der Waals surface area contributed by atoms with E-state index in [0.29, 0.717) is 24.5 Å². The molecule has 1 amide bonds. The summed E-state index contributed by atoms with van der Waals surface area (Å²) in [5.74, 6) is -1.25. The van der Waals surface area contributed by atoms with Gasteiger partial charge in [-0.15, -0.1) is 0 Å². The van der Waals surface area contributed by atoms with Crippen LogP contribution in [0.25, 0.3) is 5.65 Å². The number of rotatable bonds is 8. The summed E-state index contributed by atoms with van der Waals surface area (Å²) in [6.07, 6.45) is 3.74. The number of aromatic nitrogens is 2. The molecule has 3 aromatic rings. The lowest BCUT2D eigenvalue weighted by atomic mass is 10.1. The van der Waals surface area contributed by atoms with Gasteiger partial charge in [-0.3, -0.25) is 9.59 Å². The number of esters is 1. The van der Waals surface area contributed by atoms with E-state index in [4.69, 9.17) is 4.74 Å². The normalized spacial score (nSPS) is 16.5. The average Bonchev–Trinajstić information content (AvgIpc) is 3.42. The Morgan fingerprint density at radius 3 is 2.53 bits per heavy atom. The topological polar surface area (TPSA) is 101 Å². The second-order valence-corrected chi connectivity index (χ2v) is 10.2. The summed E-state index contributed by atoms with van der Waals surface area (Å²) in [5.41, 5.74) is 3.01. The van der Waals surface area contributed by atoms with Gasteiger partial charge >= 0.3 is 5.97 Å². The standard InChI is InChI=1S/C24H28N4O5S/c1-4-27(5-2)34(31,32)21-10-8-20(9-11-21)28-14-18(13-22(28)29)24(30)33-16-19-15-26-12-6-7-17(3)23(26)25-19/h6-12,15,18H,4-5,13-14,16H2,1-3H3. The number of ether oxygens (including phenoxy) is 1. The van der Waals surface area contributed by atoms with Gasteiger partial charge in [0.15, 0.2) is 0 Å². The Morgan fingerprint density at radius 1 is 1.18 bits per heavy atom. The third kappa shape index (κ3) is 4.55. The number of imidazole rings is 1. The molecule has 1 unspecified atom stereocenters. The summed E-state index contributed by atoms with van der Waals surface area (Å²) < 4.78 is 34.1. The smallest absolute Gasteiger partial charge is 0.311 e. The first-order valence-corrected chi connectivity index (χ1v) is 12.7. The largest absolute Gasteiger partial charge is 0.459 e. The van der Waals surface area contributed by atoms with Gasteiger partial charge in [0.1, 0.15) is 12.3 Å². The molecule has 2 aromatic heterocycles. The number of hydrogen-bond donors (Lipinski definition) is 0. The Morgan fingerprint density at radius 2 is 1.88 bits per heavy atom. The van der Waals surface area contributed by atoms with E-state index < -0.39 is 21.9 Å². The number of aryl methyl sites for hydroxylation is 1. The van der Waals surface area contributed by atoms with Gasteiger partial charge in [0.05, 0.1) is 16.5 Å². The van der Waals surface area contributed by atoms with Crippen LogP contribution in [-0.4, -0.2) is 53.6 Å². The number of fused-ring (bicyclic) bond motifs is 1. The molecule has 0 saturated carbocycles. The Hall–Kier alpha value is -3.24. The van der Waals surface area contributed by atoms with Crippen LogP contribution >= 0.6 is 0 Å². The SMILES string of the molecule is CCN(CC)S(=O)(=O)c1ccc(N2CC(C(=O)OCc3cn4cccc(C)c4n3)CC2=O)cc1. The number of nitrogens with zero attached hydrogens (tertiary/aromatic N) is 4. The molecular formula is C24H28N4O5S. The number of carbonyl (C=O) groups excluding carboxylic acids is 2. The maximum Gasteiger partial charge on any atom is 0.311 e. The molecule has 180 valence electrons. The minimum Gasteiger partial charge on any atom is -0.459 e. The highest BCUT2D eigenvalue weighted by Gasteiger charge is 2.36. The predicted octanol–water partition coefficient (Wildman–Crippen LogP) is 2.77. The summed E-state index contributed by atoms with van der Waals surface area (Å²) in [4.78, 5) is 31.4. The molecule has 1 aliphatic heterocycles. The molecule has 1 atom stereocenters. The van der Waals surface area contributed by atoms with Crippen LogP contribution in [0.5, 0.6) is 0 Å². The van der Waals surface area contributed by atoms with Crippen LogP contribution in [-0.2, 0) is 31.0 Å². The van der Waals surface area contributed by atoms with Crippen LogP contribution < -0.4 is 4.90 Å². The maximum atomic E-state index is 12.7. The van der Waals surface area contributed by atoms with Gasteiger partial charge in [-0.1, -0.05) is 19.9 Å². The fraction of sp³-hybridized carbons (Fsp3) is 0.375. The van der Waals surface area contributed by atoms with E-state index in [2.05, 4.69) is 4.98 Å². The van der Waals surface area contributed by atoms with Crippen LogP contribution in [0.1, 0.15) is 31.5 Å². The van der Waals surface area contributed by atoms with E-state index in [1.54, 1.807) is 26.0 Å². The van der Waals surface area contributed by atoms with Gasteiger partial charge in [0, 0.05) is 44.1 Å². The van der Waals surface area contributed by atoms with Crippen molar-refractivity contribution in [2.45, 2.75) is 38.7 Å². The molecule has 0 radical (unpaired) electrons. The van der Waals surface area contributed by atoms with E-state index >= 15 is 0 Å². The molecule has 1 aliphatic rings. The van der Waals surface area contributed by atoms with Gasteiger partial charge in [-0.25, -0.2) is 13.4 Å². The number of hydrogen-bond acceptors (Lipinski definition) is 6. The number of benzene rings is 1. The number of pyridine rings is 1. The summed E-state index contributed by atoms with van der Waals surface area (Å²) in [7, 11) is -3.58. The molecule has 0 N–H and O–H groups in total. The highest BCUT2D eigenvalue weighted by molar-refractivity contribution is 7.89. The highest BCUT2D eigenvalue weighted by Crippen LogP contribution is 2.28. The van der Waals surface area contributed by atoms with Crippen molar-refractivity contribution in [2.24, 2.45) is 5.92 Å². The molecule has 34 heavy (non-hydrogen) atoms. The van der Waals surface area contributed by atoms with Gasteiger partial charge in [0.2, 0.25) is 15.9 Å². The second kappa shape index (κ2) is 9.55. The van der Waals surface area contributed by atoms with E-state index in [9.17, 15) is 18.0 Å². The molecule has 1 fully saturated rings. The quantitative estimate of drug-likeness (QED) is 0.456. The molecule has 0 bridgehead atoms. The van der Waals surface area contributed by atoms with E-state index in [0.717, 1.165) is 11.2 Å². The number of anilines is 1. The molecule has 3 heterocycles. The zero-order valence-corrected chi connectivity index (χ0v) is 20.3. The predicted molar refractivity (Wildman–Crippen MR) is 127 cm³/mol. The zero-order chi connectivity index (χ0) is 24.5. The van der Waals surface area contributed by atoms with Crippen molar-refractivity contribution in [2.75, 3.05) is 24.5 Å². The van der Waals surface area contributed by atoms with E-state index in [-0.39, 0.29) is 30.4 Å². The first-order chi connectivity index (χ1) is 16.2. The number of sulfonamides is 1. The molecule has 1 aromatic carbocycles. The lowest BCUT2D eigenvalue weighted by molar-refractivity contribution is -0.149. The third-order valence-electron chi connectivity index (χ3n) is 6.04. The molecule has 9 nitrogen and oxygen atoms in total. The summed E-state index contributed by atoms with van der Waals surface area (Å²) in [6, 6.07) is 10.1. The second-order valence-electron chi connectivity index (χ2n) is 8.25. The van der Waals surface area contributed by atoms with Gasteiger partial charge in [-0.2, -0.15) is 4.31 Å². The molecular weight excluding hydrogens is 456 g/mol. The van der Waals surface area contributed by atoms with Crippen molar-refractivity contribution >= 4 is 33.2 Å². The van der Waals surface area contributed by atoms with E-state index in [1.165, 1.54) is 21.3 Å². The zero-order valence-electron chi connectivity index (χ0n) is 19.5. The first kappa shape index (κ1) is 23.9. The third-order valence-corrected chi connectivity index (χ3v) is 8.10. The molecule has 4 rings (SSSR count). The van der Waals surface area contributed by atoms with Crippen molar-refractivity contribution in [3.63, 3.8) is 0 Å². The lowest BCUT2D eigenvalue weighted by Crippen LogP contribution is -2.30. The van der Waals surface area contributed by atoms with Gasteiger partial charge in [-0.05, 0) is 42.8 Å². The minimum atomic E-state index is -3.58. The fourth-order valence-corrected chi connectivity index (χ4v) is 5.62. The monoisotopic (exact) mass is 484 g/mol. The molecule has 1 saturated heterocycles. The van der Waals surface area contributed by atoms with Gasteiger partial charge in [0.25, 0.3) is 0 Å². The summed E-state index contributed by atoms with van der Waals surface area (Å²) in [6.45, 7) is 6.50. The Balaban J connectivity index is 1.40. The van der Waals surface area contributed by atoms with Crippen LogP contribution in [0.4, 0.5) is 5.69 Å². The number of amides is 1. The van der Waals surface area contributed by atoms with Crippen LogP contribution in [0.3, 0.4) is 0 Å². The summed E-state index contributed by atoms with van der Waals surface area (Å²) >= 11 is 0. The lowest BCUT2D eigenvalue weighted by Gasteiger charge is -2.20. The Kier molecular flexibility index (Phi) is 6.72. The summed E-state index contributed by atoms with van der Waals surface area (Å²) in [5, 5.41) is 0. The van der Waals surface area contributed by atoms with Crippen molar-refractivity contribution in [1.82, 2.24) is 13.7 Å². The van der Waals surface area contributed by atoms with Crippen molar-refractivity contribution < 1.29 is 22.7 Å². The van der Waals surface area contributed by atoms with Crippen molar-refractivity contribution in [3.8, 4) is 0 Å². The fourth-order valence-electron chi connectivity index (χ4n) is 4.16. The van der Waals surface area contributed by atoms with Crippen molar-refractivity contribution in [3.05, 3.63) is 60.0 Å². The molecule has 0 spiro atoms. The number of carbonyl (C=O) groups is 2. The average molecular weight is 485 g/mol. The highest BCUT2D eigenvalue weighted by atomic mass is 32.2. The molecule has 0 aliphatic carbocycles. The van der Waals surface area contributed by atoms with Crippen LogP contribution in [0.15, 0.2) is 53.7 Å².